The summed E-state index contributed by atoms with van der Waals surface area (Å²) < 4.78 is 13.0. The van der Waals surface area contributed by atoms with E-state index in [1.54, 1.807) is 11.8 Å². The normalized spacial score (nSPS) is 23.2. The van der Waals surface area contributed by atoms with Gasteiger partial charge in [0.2, 0.25) is 0 Å². The Hall–Kier alpha value is -1.98. The first-order valence-corrected chi connectivity index (χ1v) is 6.13. The van der Waals surface area contributed by atoms with Crippen molar-refractivity contribution in [3.05, 3.63) is 29.8 Å². The first kappa shape index (κ1) is 13.5. The van der Waals surface area contributed by atoms with Gasteiger partial charge in [-0.25, -0.2) is 4.39 Å². The molecule has 19 heavy (non-hydrogen) atoms. The van der Waals surface area contributed by atoms with E-state index < -0.39 is 17.7 Å². The van der Waals surface area contributed by atoms with Gasteiger partial charge in [0, 0.05) is 18.8 Å². The van der Waals surface area contributed by atoms with Crippen LogP contribution in [0.2, 0.25) is 0 Å². The molecule has 0 aliphatic carbocycles. The van der Waals surface area contributed by atoms with Gasteiger partial charge in [-0.1, -0.05) is 0 Å². The van der Waals surface area contributed by atoms with Crippen molar-refractivity contribution in [3.8, 4) is 0 Å². The van der Waals surface area contributed by atoms with Gasteiger partial charge in [0.05, 0.1) is 17.7 Å². The minimum Gasteiger partial charge on any atom is -0.481 e. The Labute approximate surface area is 110 Å². The number of aromatic nitrogens is 1. The van der Waals surface area contributed by atoms with Gasteiger partial charge in [0.25, 0.3) is 5.91 Å². The van der Waals surface area contributed by atoms with Crippen LogP contribution in [0.5, 0.6) is 0 Å². The number of hydrogen-bond donors (Lipinski definition) is 1. The average Bonchev–Trinajstić information content (AvgIpc) is 2.37. The molecule has 0 aromatic carbocycles. The molecular weight excluding hydrogens is 251 g/mol. The van der Waals surface area contributed by atoms with Crippen LogP contribution >= 0.6 is 0 Å². The second kappa shape index (κ2) is 5.34. The van der Waals surface area contributed by atoms with Crippen LogP contribution in [0.15, 0.2) is 18.5 Å². The Morgan fingerprint density at radius 1 is 1.47 bits per heavy atom. The molecule has 1 aromatic heterocycles. The highest BCUT2D eigenvalue weighted by Crippen LogP contribution is 2.24. The van der Waals surface area contributed by atoms with Crippen molar-refractivity contribution in [1.29, 1.82) is 0 Å². The third-order valence-corrected chi connectivity index (χ3v) is 3.44. The van der Waals surface area contributed by atoms with Crippen LogP contribution in [0.25, 0.3) is 0 Å². The van der Waals surface area contributed by atoms with E-state index in [4.69, 9.17) is 5.11 Å². The summed E-state index contributed by atoms with van der Waals surface area (Å²) in [6, 6.07) is 0.969. The Morgan fingerprint density at radius 3 is 2.79 bits per heavy atom. The fourth-order valence-electron chi connectivity index (χ4n) is 2.39. The number of carbonyl (C=O) groups excluding carboxylic acids is 1. The van der Waals surface area contributed by atoms with Crippen molar-refractivity contribution in [2.75, 3.05) is 6.54 Å². The molecule has 2 rings (SSSR count). The van der Waals surface area contributed by atoms with Gasteiger partial charge in [-0.3, -0.25) is 14.6 Å². The number of nitrogens with zero attached hydrogens (tertiary/aromatic N) is 2. The quantitative estimate of drug-likeness (QED) is 0.881. The van der Waals surface area contributed by atoms with E-state index in [2.05, 4.69) is 4.98 Å². The predicted molar refractivity (Wildman–Crippen MR) is 65.1 cm³/mol. The van der Waals surface area contributed by atoms with Crippen molar-refractivity contribution in [3.63, 3.8) is 0 Å². The molecule has 1 N–H and O–H groups in total. The van der Waals surface area contributed by atoms with Crippen molar-refractivity contribution < 1.29 is 19.1 Å². The number of pyridine rings is 1. The summed E-state index contributed by atoms with van der Waals surface area (Å²) in [5.74, 6) is -2.10. The lowest BCUT2D eigenvalue weighted by molar-refractivity contribution is -0.143. The predicted octanol–water partition coefficient (Wildman–Crippen LogP) is 1.55. The first-order chi connectivity index (χ1) is 8.99. The second-order valence-electron chi connectivity index (χ2n) is 4.80. The SMILES string of the molecule is CC1CC(C(=O)O)CCN1C(=O)c1cncc(F)c1. The highest BCUT2D eigenvalue weighted by molar-refractivity contribution is 5.94. The molecule has 102 valence electrons. The van der Waals surface area contributed by atoms with Crippen molar-refractivity contribution in [2.45, 2.75) is 25.8 Å². The molecule has 0 bridgehead atoms. The number of carboxylic acids is 1. The number of likely N-dealkylation sites (tertiary alicyclic amines) is 1. The second-order valence-corrected chi connectivity index (χ2v) is 4.80. The summed E-state index contributed by atoms with van der Waals surface area (Å²) in [6.07, 6.45) is 3.20. The molecule has 5 nitrogen and oxygen atoms in total. The molecule has 0 saturated carbocycles. The van der Waals surface area contributed by atoms with Gasteiger partial charge in [-0.2, -0.15) is 0 Å². The van der Waals surface area contributed by atoms with E-state index in [9.17, 15) is 14.0 Å². The standard InChI is InChI=1S/C13H15FN2O3/c1-8-4-9(13(18)19)2-3-16(8)12(17)10-5-11(14)7-15-6-10/h5-9H,2-4H2,1H3,(H,18,19). The Balaban J connectivity index is 2.11. The topological polar surface area (TPSA) is 70.5 Å². The number of aliphatic carboxylic acids is 1. The van der Waals surface area contributed by atoms with E-state index in [0.29, 0.717) is 19.4 Å². The molecule has 2 atom stereocenters. The summed E-state index contributed by atoms with van der Waals surface area (Å²) in [6.45, 7) is 2.17. The number of rotatable bonds is 2. The van der Waals surface area contributed by atoms with E-state index >= 15 is 0 Å². The fraction of sp³-hybridized carbons (Fsp3) is 0.462. The highest BCUT2D eigenvalue weighted by Gasteiger charge is 2.32. The third-order valence-electron chi connectivity index (χ3n) is 3.44. The van der Waals surface area contributed by atoms with Crippen molar-refractivity contribution in [2.24, 2.45) is 5.92 Å². The van der Waals surface area contributed by atoms with Crippen LogP contribution in [0.4, 0.5) is 4.39 Å². The van der Waals surface area contributed by atoms with Crippen molar-refractivity contribution >= 4 is 11.9 Å². The Morgan fingerprint density at radius 2 is 2.21 bits per heavy atom. The fourth-order valence-corrected chi connectivity index (χ4v) is 2.39. The average molecular weight is 266 g/mol. The van der Waals surface area contributed by atoms with Crippen LogP contribution in [0.3, 0.4) is 0 Å². The van der Waals surface area contributed by atoms with Gasteiger partial charge < -0.3 is 10.0 Å². The Bertz CT molecular complexity index is 506. The minimum atomic E-state index is -0.827. The zero-order valence-electron chi connectivity index (χ0n) is 10.5. The monoisotopic (exact) mass is 266 g/mol. The van der Waals surface area contributed by atoms with E-state index in [-0.39, 0.29) is 17.5 Å². The van der Waals surface area contributed by atoms with E-state index in [0.717, 1.165) is 12.3 Å². The molecule has 2 heterocycles. The maximum Gasteiger partial charge on any atom is 0.306 e. The lowest BCUT2D eigenvalue weighted by atomic mass is 9.91. The van der Waals surface area contributed by atoms with Crippen molar-refractivity contribution in [1.82, 2.24) is 9.88 Å². The summed E-state index contributed by atoms with van der Waals surface area (Å²) >= 11 is 0. The minimum absolute atomic E-state index is 0.175. The van der Waals surface area contributed by atoms with Crippen LogP contribution in [-0.2, 0) is 4.79 Å². The lowest BCUT2D eigenvalue weighted by Gasteiger charge is -2.36. The number of carbonyl (C=O) groups is 2. The number of halogens is 1. The van der Waals surface area contributed by atoms with Crippen LogP contribution in [0, 0.1) is 11.7 Å². The number of piperidine rings is 1. The zero-order valence-corrected chi connectivity index (χ0v) is 10.5. The van der Waals surface area contributed by atoms with Crippen LogP contribution in [0.1, 0.15) is 30.1 Å². The third kappa shape index (κ3) is 2.89. The molecule has 1 aliphatic heterocycles. The lowest BCUT2D eigenvalue weighted by Crippen LogP contribution is -2.46. The largest absolute Gasteiger partial charge is 0.481 e. The molecule has 1 fully saturated rings. The van der Waals surface area contributed by atoms with Gasteiger partial charge in [0.15, 0.2) is 0 Å². The summed E-state index contributed by atoms with van der Waals surface area (Å²) in [7, 11) is 0. The maximum atomic E-state index is 13.0. The molecule has 1 aliphatic rings. The summed E-state index contributed by atoms with van der Waals surface area (Å²) in [4.78, 5) is 28.4. The van der Waals surface area contributed by atoms with Gasteiger partial charge in [-0.15, -0.1) is 0 Å². The number of hydrogen-bond acceptors (Lipinski definition) is 3. The first-order valence-electron chi connectivity index (χ1n) is 6.13. The molecule has 1 amide bonds. The van der Waals surface area contributed by atoms with Crippen LogP contribution < -0.4 is 0 Å². The molecule has 0 spiro atoms. The van der Waals surface area contributed by atoms with E-state index in [1.165, 1.54) is 6.20 Å². The molecule has 1 saturated heterocycles. The van der Waals surface area contributed by atoms with Gasteiger partial charge in [0.1, 0.15) is 5.82 Å². The smallest absolute Gasteiger partial charge is 0.306 e. The highest BCUT2D eigenvalue weighted by atomic mass is 19.1. The zero-order chi connectivity index (χ0) is 14.0. The molecule has 1 aromatic rings. The van der Waals surface area contributed by atoms with Gasteiger partial charge >= 0.3 is 5.97 Å². The molecule has 0 radical (unpaired) electrons. The number of amides is 1. The summed E-state index contributed by atoms with van der Waals surface area (Å²) in [5, 5.41) is 8.97. The molecule has 2 unspecified atom stereocenters. The van der Waals surface area contributed by atoms with Gasteiger partial charge in [-0.05, 0) is 25.8 Å². The van der Waals surface area contributed by atoms with E-state index in [1.807, 2.05) is 0 Å². The Kier molecular flexibility index (Phi) is 3.78. The number of carboxylic acid groups (broad SMARTS) is 1. The summed E-state index contributed by atoms with van der Waals surface area (Å²) in [5.41, 5.74) is 0.195. The molecule has 6 heteroatoms. The molecular formula is C13H15FN2O3. The maximum absolute atomic E-state index is 13.0. The van der Waals surface area contributed by atoms with Crippen LogP contribution in [-0.4, -0.2) is 39.5 Å².